The summed E-state index contributed by atoms with van der Waals surface area (Å²) < 4.78 is 1.07. The molecule has 108 valence electrons. The number of rotatable bonds is 2. The molecule has 2 aromatic rings. The number of amides is 2. The first-order valence-electron chi connectivity index (χ1n) is 6.82. The molecule has 1 saturated heterocycles. The van der Waals surface area contributed by atoms with Crippen molar-refractivity contribution < 1.29 is 9.59 Å². The van der Waals surface area contributed by atoms with E-state index < -0.39 is 11.9 Å². The van der Waals surface area contributed by atoms with Crippen LogP contribution in [0.15, 0.2) is 23.0 Å². The third-order valence-electron chi connectivity index (χ3n) is 3.66. The molecule has 0 aliphatic carbocycles. The Morgan fingerprint density at radius 2 is 2.14 bits per heavy atom. The molecule has 1 unspecified atom stereocenters. The fraction of sp³-hybridized carbons (Fsp3) is 0.357. The monoisotopic (exact) mass is 286 g/mol. The van der Waals surface area contributed by atoms with E-state index >= 15 is 0 Å². The Morgan fingerprint density at radius 1 is 1.33 bits per heavy atom. The summed E-state index contributed by atoms with van der Waals surface area (Å²) in [6.45, 7) is 2.01. The van der Waals surface area contributed by atoms with Gasteiger partial charge in [0.2, 0.25) is 5.91 Å². The van der Waals surface area contributed by atoms with E-state index in [4.69, 9.17) is 0 Å². The number of aryl methyl sites for hydroxylation is 1. The zero-order valence-electron chi connectivity index (χ0n) is 11.5. The molecule has 0 spiro atoms. The lowest BCUT2D eigenvalue weighted by Crippen LogP contribution is -2.45. The molecule has 2 amide bonds. The highest BCUT2D eigenvalue weighted by atomic mass is 16.2. The van der Waals surface area contributed by atoms with Gasteiger partial charge in [-0.2, -0.15) is 4.68 Å². The van der Waals surface area contributed by atoms with Gasteiger partial charge in [0, 0.05) is 6.42 Å². The molecule has 0 saturated carbocycles. The summed E-state index contributed by atoms with van der Waals surface area (Å²) in [4.78, 5) is 35.4. The van der Waals surface area contributed by atoms with Crippen molar-refractivity contribution in [3.05, 3.63) is 34.1 Å². The number of piperidine rings is 1. The SMILES string of the molecule is CCc1ccc2c(=O)n(C3CCC(=O)NC3=O)nnc2c1. The highest BCUT2D eigenvalue weighted by Gasteiger charge is 2.30. The van der Waals surface area contributed by atoms with Crippen LogP contribution in [0.3, 0.4) is 0 Å². The lowest BCUT2D eigenvalue weighted by Gasteiger charge is -2.21. The van der Waals surface area contributed by atoms with Crippen LogP contribution in [0.4, 0.5) is 0 Å². The number of imide groups is 1. The van der Waals surface area contributed by atoms with Gasteiger partial charge >= 0.3 is 0 Å². The van der Waals surface area contributed by atoms with Crippen LogP contribution in [0, 0.1) is 0 Å². The maximum absolute atomic E-state index is 12.4. The van der Waals surface area contributed by atoms with Gasteiger partial charge in [-0.05, 0) is 30.5 Å². The van der Waals surface area contributed by atoms with Crippen LogP contribution in [-0.4, -0.2) is 26.8 Å². The van der Waals surface area contributed by atoms with Crippen molar-refractivity contribution in [2.45, 2.75) is 32.2 Å². The van der Waals surface area contributed by atoms with Crippen LogP contribution < -0.4 is 10.9 Å². The van der Waals surface area contributed by atoms with Crippen molar-refractivity contribution in [1.82, 2.24) is 20.3 Å². The van der Waals surface area contributed by atoms with Gasteiger partial charge in [0.1, 0.15) is 11.6 Å². The van der Waals surface area contributed by atoms with Gasteiger partial charge in [-0.1, -0.05) is 18.2 Å². The summed E-state index contributed by atoms with van der Waals surface area (Å²) in [6, 6.07) is 4.60. The molecule has 1 aromatic heterocycles. The fourth-order valence-electron chi connectivity index (χ4n) is 2.44. The maximum atomic E-state index is 12.4. The quantitative estimate of drug-likeness (QED) is 0.803. The van der Waals surface area contributed by atoms with Gasteiger partial charge in [0.25, 0.3) is 11.5 Å². The molecule has 21 heavy (non-hydrogen) atoms. The predicted molar refractivity (Wildman–Crippen MR) is 74.6 cm³/mol. The average Bonchev–Trinajstić information content (AvgIpc) is 2.48. The van der Waals surface area contributed by atoms with E-state index in [0.29, 0.717) is 10.9 Å². The smallest absolute Gasteiger partial charge is 0.278 e. The topological polar surface area (TPSA) is 94.0 Å². The molecule has 1 fully saturated rings. The number of aromatic nitrogens is 3. The van der Waals surface area contributed by atoms with E-state index in [-0.39, 0.29) is 24.3 Å². The molecular weight excluding hydrogens is 272 g/mol. The number of fused-ring (bicyclic) bond motifs is 1. The molecule has 0 bridgehead atoms. The van der Waals surface area contributed by atoms with Gasteiger partial charge in [-0.15, -0.1) is 5.10 Å². The van der Waals surface area contributed by atoms with E-state index in [1.807, 2.05) is 19.1 Å². The van der Waals surface area contributed by atoms with Gasteiger partial charge < -0.3 is 0 Å². The number of carbonyl (C=O) groups is 2. The third kappa shape index (κ3) is 2.31. The Balaban J connectivity index is 2.08. The summed E-state index contributed by atoms with van der Waals surface area (Å²) in [5.41, 5.74) is 1.22. The summed E-state index contributed by atoms with van der Waals surface area (Å²) in [7, 11) is 0. The van der Waals surface area contributed by atoms with Crippen molar-refractivity contribution in [3.8, 4) is 0 Å². The molecule has 1 aliphatic rings. The second-order valence-electron chi connectivity index (χ2n) is 5.01. The lowest BCUT2D eigenvalue weighted by atomic mass is 10.1. The number of nitrogens with zero attached hydrogens (tertiary/aromatic N) is 3. The van der Waals surface area contributed by atoms with Gasteiger partial charge in [0.05, 0.1) is 5.39 Å². The highest BCUT2D eigenvalue weighted by molar-refractivity contribution is 5.99. The summed E-state index contributed by atoms with van der Waals surface area (Å²) in [5, 5.41) is 10.5. The van der Waals surface area contributed by atoms with E-state index in [2.05, 4.69) is 15.6 Å². The van der Waals surface area contributed by atoms with E-state index in [1.54, 1.807) is 6.07 Å². The molecule has 2 heterocycles. The Bertz CT molecular complexity index is 796. The largest absolute Gasteiger partial charge is 0.295 e. The average molecular weight is 286 g/mol. The molecule has 3 rings (SSSR count). The third-order valence-corrected chi connectivity index (χ3v) is 3.66. The highest BCUT2D eigenvalue weighted by Crippen LogP contribution is 2.17. The van der Waals surface area contributed by atoms with Crippen LogP contribution in [0.25, 0.3) is 10.9 Å². The van der Waals surface area contributed by atoms with Crippen molar-refractivity contribution in [3.63, 3.8) is 0 Å². The minimum Gasteiger partial charge on any atom is -0.295 e. The predicted octanol–water partition coefficient (Wildman–Crippen LogP) is 0.332. The summed E-state index contributed by atoms with van der Waals surface area (Å²) >= 11 is 0. The lowest BCUT2D eigenvalue weighted by molar-refractivity contribution is -0.136. The molecule has 1 atom stereocenters. The summed E-state index contributed by atoms with van der Waals surface area (Å²) in [5.74, 6) is -0.835. The second-order valence-corrected chi connectivity index (χ2v) is 5.01. The van der Waals surface area contributed by atoms with E-state index in [1.165, 1.54) is 0 Å². The van der Waals surface area contributed by atoms with E-state index in [0.717, 1.165) is 16.7 Å². The number of benzene rings is 1. The molecular formula is C14H14N4O3. The van der Waals surface area contributed by atoms with Crippen LogP contribution in [0.1, 0.15) is 31.4 Å². The molecule has 0 radical (unpaired) electrons. The Labute approximate surface area is 120 Å². The van der Waals surface area contributed by atoms with Crippen LogP contribution in [0.2, 0.25) is 0 Å². The number of nitrogens with one attached hydrogen (secondary N) is 1. The van der Waals surface area contributed by atoms with Crippen molar-refractivity contribution in [2.75, 3.05) is 0 Å². The van der Waals surface area contributed by atoms with Crippen LogP contribution in [-0.2, 0) is 16.0 Å². The van der Waals surface area contributed by atoms with Crippen LogP contribution >= 0.6 is 0 Å². The first-order valence-corrected chi connectivity index (χ1v) is 6.82. The fourth-order valence-corrected chi connectivity index (χ4v) is 2.44. The molecule has 1 N–H and O–H groups in total. The summed E-state index contributed by atoms with van der Waals surface area (Å²) in [6.07, 6.45) is 1.29. The zero-order chi connectivity index (χ0) is 15.0. The second kappa shape index (κ2) is 5.08. The molecule has 1 aromatic carbocycles. The molecule has 7 heteroatoms. The first-order chi connectivity index (χ1) is 10.1. The Morgan fingerprint density at radius 3 is 2.86 bits per heavy atom. The molecule has 7 nitrogen and oxygen atoms in total. The number of hydrogen-bond donors (Lipinski definition) is 1. The minimum absolute atomic E-state index is 0.192. The van der Waals surface area contributed by atoms with Gasteiger partial charge in [-0.3, -0.25) is 19.7 Å². The number of hydrogen-bond acceptors (Lipinski definition) is 5. The van der Waals surface area contributed by atoms with Crippen molar-refractivity contribution in [2.24, 2.45) is 0 Å². The minimum atomic E-state index is -0.780. The Hall–Kier alpha value is -2.57. The van der Waals surface area contributed by atoms with Crippen molar-refractivity contribution >= 4 is 22.7 Å². The number of carbonyl (C=O) groups excluding carboxylic acids is 2. The standard InChI is InChI=1S/C14H14N4O3/c1-2-8-3-4-9-10(7-8)16-17-18(14(9)21)11-5-6-12(19)15-13(11)20/h3-4,7,11H,2,5-6H2,1H3,(H,15,19,20). The molecule has 1 aliphatic heterocycles. The maximum Gasteiger partial charge on any atom is 0.278 e. The van der Waals surface area contributed by atoms with Gasteiger partial charge in [0.15, 0.2) is 0 Å². The zero-order valence-corrected chi connectivity index (χ0v) is 11.5. The van der Waals surface area contributed by atoms with Crippen molar-refractivity contribution in [1.29, 1.82) is 0 Å². The van der Waals surface area contributed by atoms with E-state index in [9.17, 15) is 14.4 Å². The Kier molecular flexibility index (Phi) is 3.25. The first kappa shape index (κ1) is 13.4. The van der Waals surface area contributed by atoms with Gasteiger partial charge in [-0.25, -0.2) is 0 Å². The van der Waals surface area contributed by atoms with Crippen LogP contribution in [0.5, 0.6) is 0 Å². The normalized spacial score (nSPS) is 18.8.